The molecule has 3 rings (SSSR count). The number of methoxy groups -OCH3 is 1. The first-order chi connectivity index (χ1) is 10.7. The van der Waals surface area contributed by atoms with Gasteiger partial charge in [-0.25, -0.2) is 0 Å². The fourth-order valence-corrected chi connectivity index (χ4v) is 3.47. The molecule has 22 heavy (non-hydrogen) atoms. The summed E-state index contributed by atoms with van der Waals surface area (Å²) in [6, 6.07) is 8.80. The maximum absolute atomic E-state index is 12.3. The number of hydrogen-bond donors (Lipinski definition) is 1. The summed E-state index contributed by atoms with van der Waals surface area (Å²) in [5.41, 5.74) is 0. The van der Waals surface area contributed by atoms with Gasteiger partial charge in [-0.1, -0.05) is 0 Å². The van der Waals surface area contributed by atoms with Crippen molar-refractivity contribution in [3.63, 3.8) is 0 Å². The second-order valence-corrected chi connectivity index (χ2v) is 6.23. The highest BCUT2D eigenvalue weighted by Gasteiger charge is 2.36. The van der Waals surface area contributed by atoms with Gasteiger partial charge in [-0.3, -0.25) is 4.79 Å². The summed E-state index contributed by atoms with van der Waals surface area (Å²) >= 11 is 0. The molecule has 0 aliphatic carbocycles. The monoisotopic (exact) mass is 304 g/mol. The number of ether oxygens (including phenoxy) is 2. The van der Waals surface area contributed by atoms with Crippen molar-refractivity contribution in [3.8, 4) is 11.5 Å². The summed E-state index contributed by atoms with van der Waals surface area (Å²) in [4.78, 5) is 14.2. The minimum Gasteiger partial charge on any atom is -0.497 e. The molecule has 0 aromatic heterocycles. The lowest BCUT2D eigenvalue weighted by atomic mass is 9.98. The van der Waals surface area contributed by atoms with Gasteiger partial charge in [-0.2, -0.15) is 0 Å². The van der Waals surface area contributed by atoms with Crippen LogP contribution in [-0.2, 0) is 4.79 Å². The number of fused-ring (bicyclic) bond motifs is 2. The number of carbonyl (C=O) groups excluding carboxylic acids is 1. The van der Waals surface area contributed by atoms with Crippen LogP contribution in [0.5, 0.6) is 11.5 Å². The van der Waals surface area contributed by atoms with Crippen molar-refractivity contribution < 1.29 is 14.3 Å². The van der Waals surface area contributed by atoms with Gasteiger partial charge in [0.1, 0.15) is 11.5 Å². The first-order valence-electron chi connectivity index (χ1n) is 7.94. The Balaban J connectivity index is 1.50. The molecule has 2 aliphatic rings. The molecule has 2 fully saturated rings. The molecule has 0 radical (unpaired) electrons. The maximum Gasteiger partial charge on any atom is 0.260 e. The Morgan fingerprint density at radius 1 is 1.18 bits per heavy atom. The standard InChI is InChI=1S/C17H24N2O3/c1-19(14-9-12-3-4-13(10-14)18-12)17(20)11-22-16-7-5-15(21-2)6-8-16/h5-8,12-14,18H,3-4,9-11H2,1-2H3. The molecule has 5 heteroatoms. The van der Waals surface area contributed by atoms with Crippen LogP contribution < -0.4 is 14.8 Å². The average Bonchev–Trinajstić information content (AvgIpc) is 2.90. The minimum atomic E-state index is 0.0436. The predicted octanol–water partition coefficient (Wildman–Crippen LogP) is 1.82. The van der Waals surface area contributed by atoms with E-state index in [1.165, 1.54) is 12.8 Å². The summed E-state index contributed by atoms with van der Waals surface area (Å²) in [5.74, 6) is 1.51. The second-order valence-electron chi connectivity index (χ2n) is 6.23. The Morgan fingerprint density at radius 3 is 2.36 bits per heavy atom. The van der Waals surface area contributed by atoms with Crippen molar-refractivity contribution in [1.29, 1.82) is 0 Å². The molecule has 2 atom stereocenters. The van der Waals surface area contributed by atoms with E-state index in [4.69, 9.17) is 9.47 Å². The van der Waals surface area contributed by atoms with Crippen molar-refractivity contribution in [2.24, 2.45) is 0 Å². The molecule has 2 saturated heterocycles. The first-order valence-corrected chi connectivity index (χ1v) is 7.94. The lowest BCUT2D eigenvalue weighted by Gasteiger charge is -2.35. The number of likely N-dealkylation sites (N-methyl/N-ethyl adjacent to an activating group) is 1. The number of nitrogens with one attached hydrogen (secondary N) is 1. The van der Waals surface area contributed by atoms with Crippen LogP contribution in [0.15, 0.2) is 24.3 Å². The summed E-state index contributed by atoms with van der Waals surface area (Å²) in [7, 11) is 3.52. The summed E-state index contributed by atoms with van der Waals surface area (Å²) in [5, 5.41) is 3.60. The van der Waals surface area contributed by atoms with E-state index >= 15 is 0 Å². The minimum absolute atomic E-state index is 0.0436. The van der Waals surface area contributed by atoms with E-state index in [1.807, 2.05) is 36.2 Å². The maximum atomic E-state index is 12.3. The van der Waals surface area contributed by atoms with Gasteiger partial charge in [0.15, 0.2) is 6.61 Å². The van der Waals surface area contributed by atoms with E-state index in [0.29, 0.717) is 23.9 Å². The number of nitrogens with zero attached hydrogens (tertiary/aromatic N) is 1. The molecule has 2 aliphatic heterocycles. The molecular formula is C17H24N2O3. The van der Waals surface area contributed by atoms with Crippen molar-refractivity contribution in [2.75, 3.05) is 20.8 Å². The Kier molecular flexibility index (Phi) is 4.52. The van der Waals surface area contributed by atoms with Gasteiger partial charge in [-0.15, -0.1) is 0 Å². The molecule has 1 amide bonds. The van der Waals surface area contributed by atoms with Crippen LogP contribution >= 0.6 is 0 Å². The fourth-order valence-electron chi connectivity index (χ4n) is 3.47. The van der Waals surface area contributed by atoms with Crippen LogP contribution in [0.4, 0.5) is 0 Å². The lowest BCUT2D eigenvalue weighted by Crippen LogP contribution is -2.49. The van der Waals surface area contributed by atoms with E-state index in [9.17, 15) is 4.79 Å². The molecule has 120 valence electrons. The largest absolute Gasteiger partial charge is 0.497 e. The van der Waals surface area contributed by atoms with E-state index < -0.39 is 0 Å². The molecule has 0 saturated carbocycles. The average molecular weight is 304 g/mol. The van der Waals surface area contributed by atoms with Gasteiger partial charge in [0.2, 0.25) is 0 Å². The van der Waals surface area contributed by atoms with Gasteiger partial charge in [0.25, 0.3) is 5.91 Å². The quantitative estimate of drug-likeness (QED) is 0.901. The highest BCUT2D eigenvalue weighted by molar-refractivity contribution is 5.77. The SMILES string of the molecule is COc1ccc(OCC(=O)N(C)C2CC3CCC(C2)N3)cc1. The highest BCUT2D eigenvalue weighted by Crippen LogP contribution is 2.29. The van der Waals surface area contributed by atoms with Crippen molar-refractivity contribution >= 4 is 5.91 Å². The summed E-state index contributed by atoms with van der Waals surface area (Å²) in [6.45, 7) is 0.0854. The third kappa shape index (κ3) is 3.35. The Bertz CT molecular complexity index is 505. The zero-order chi connectivity index (χ0) is 15.5. The number of benzene rings is 1. The van der Waals surface area contributed by atoms with Crippen LogP contribution in [0.25, 0.3) is 0 Å². The van der Waals surface area contributed by atoms with Gasteiger partial charge in [0.05, 0.1) is 7.11 Å². The number of amides is 1. The third-order valence-corrected chi connectivity index (χ3v) is 4.81. The molecular weight excluding hydrogens is 280 g/mol. The number of rotatable bonds is 5. The zero-order valence-corrected chi connectivity index (χ0v) is 13.2. The topological polar surface area (TPSA) is 50.8 Å². The van der Waals surface area contributed by atoms with Gasteiger partial charge in [-0.05, 0) is 49.9 Å². The Hall–Kier alpha value is -1.75. The Morgan fingerprint density at radius 2 is 1.77 bits per heavy atom. The number of hydrogen-bond acceptors (Lipinski definition) is 4. The summed E-state index contributed by atoms with van der Waals surface area (Å²) < 4.78 is 10.7. The van der Waals surface area contributed by atoms with E-state index in [1.54, 1.807) is 7.11 Å². The predicted molar refractivity (Wildman–Crippen MR) is 84.2 cm³/mol. The van der Waals surface area contributed by atoms with Crippen molar-refractivity contribution in [3.05, 3.63) is 24.3 Å². The molecule has 1 N–H and O–H groups in total. The van der Waals surface area contributed by atoms with Crippen LogP contribution in [0.3, 0.4) is 0 Å². The molecule has 0 spiro atoms. The summed E-state index contributed by atoms with van der Waals surface area (Å²) in [6.07, 6.45) is 4.60. The van der Waals surface area contributed by atoms with Crippen LogP contribution in [0.1, 0.15) is 25.7 Å². The number of piperidine rings is 1. The molecule has 2 heterocycles. The number of carbonyl (C=O) groups is 1. The molecule has 1 aromatic rings. The van der Waals surface area contributed by atoms with Gasteiger partial charge >= 0.3 is 0 Å². The van der Waals surface area contributed by atoms with Crippen LogP contribution in [-0.4, -0.2) is 49.7 Å². The zero-order valence-electron chi connectivity index (χ0n) is 13.2. The molecule has 1 aromatic carbocycles. The van der Waals surface area contributed by atoms with E-state index in [-0.39, 0.29) is 12.5 Å². The smallest absolute Gasteiger partial charge is 0.260 e. The molecule has 2 unspecified atom stereocenters. The van der Waals surface area contributed by atoms with Crippen LogP contribution in [0, 0.1) is 0 Å². The van der Waals surface area contributed by atoms with Crippen molar-refractivity contribution in [2.45, 2.75) is 43.8 Å². The van der Waals surface area contributed by atoms with E-state index in [0.717, 1.165) is 18.6 Å². The first kappa shape index (κ1) is 15.2. The normalized spacial score (nSPS) is 26.5. The Labute approximate surface area is 131 Å². The van der Waals surface area contributed by atoms with E-state index in [2.05, 4.69) is 5.32 Å². The fraction of sp³-hybridized carbons (Fsp3) is 0.588. The lowest BCUT2D eigenvalue weighted by molar-refractivity contribution is -0.134. The third-order valence-electron chi connectivity index (χ3n) is 4.81. The highest BCUT2D eigenvalue weighted by atomic mass is 16.5. The molecule has 5 nitrogen and oxygen atoms in total. The van der Waals surface area contributed by atoms with Crippen LogP contribution in [0.2, 0.25) is 0 Å². The van der Waals surface area contributed by atoms with Gasteiger partial charge < -0.3 is 19.7 Å². The molecule has 2 bridgehead atoms. The van der Waals surface area contributed by atoms with Gasteiger partial charge in [0, 0.05) is 25.2 Å². The van der Waals surface area contributed by atoms with Crippen molar-refractivity contribution in [1.82, 2.24) is 10.2 Å². The second kappa shape index (κ2) is 6.57.